The molecule has 2 heterocycles. The first kappa shape index (κ1) is 44.4. The Balaban J connectivity index is 0.918. The zero-order chi connectivity index (χ0) is 44.9. The van der Waals surface area contributed by atoms with Crippen molar-refractivity contribution in [2.24, 2.45) is 0 Å². The van der Waals surface area contributed by atoms with Crippen LogP contribution in [0.5, 0.6) is 23.0 Å². The van der Waals surface area contributed by atoms with E-state index in [1.807, 2.05) is 0 Å². The molecule has 2 aliphatic heterocycles. The average molecular weight is 867 g/mol. The van der Waals surface area contributed by atoms with E-state index in [1.165, 1.54) is 97.1 Å². The molecular weight excluding hydrogens is 832 g/mol. The number of benzene rings is 4. The van der Waals surface area contributed by atoms with Crippen LogP contribution in [0.3, 0.4) is 0 Å². The molecule has 0 N–H and O–H groups in total. The lowest BCUT2D eigenvalue weighted by atomic mass is 10.1. The Morgan fingerprint density at radius 3 is 1.25 bits per heavy atom. The van der Waals surface area contributed by atoms with Gasteiger partial charge in [-0.1, -0.05) is 13.2 Å². The molecule has 4 aromatic carbocycles. The Morgan fingerprint density at radius 1 is 0.476 bits per heavy atom. The van der Waals surface area contributed by atoms with Crippen molar-refractivity contribution in [3.05, 3.63) is 145 Å². The van der Waals surface area contributed by atoms with Gasteiger partial charge in [0.25, 0.3) is 0 Å². The smallest absolute Gasteiger partial charge is 0.453 e. The van der Waals surface area contributed by atoms with Gasteiger partial charge in [0.15, 0.2) is 18.8 Å². The fourth-order valence-electron chi connectivity index (χ4n) is 5.68. The van der Waals surface area contributed by atoms with Gasteiger partial charge in [-0.15, -0.1) is 0 Å². The van der Waals surface area contributed by atoms with Gasteiger partial charge in [0.2, 0.25) is 6.79 Å². The van der Waals surface area contributed by atoms with Crippen LogP contribution >= 0.6 is 0 Å². The van der Waals surface area contributed by atoms with E-state index in [0.717, 1.165) is 12.2 Å². The van der Waals surface area contributed by atoms with Crippen LogP contribution in [-0.4, -0.2) is 99.0 Å². The molecule has 4 aromatic rings. The normalized spacial score (nSPS) is 17.1. The second-order valence-corrected chi connectivity index (χ2v) is 12.9. The Bertz CT molecular complexity index is 2370. The van der Waals surface area contributed by atoms with Crippen molar-refractivity contribution < 1.29 is 90.5 Å². The fraction of sp³-hybridized carbons (Fsp3) is 0.182. The predicted molar refractivity (Wildman–Crippen MR) is 209 cm³/mol. The van der Waals surface area contributed by atoms with Crippen LogP contribution in [0.4, 0.5) is 4.79 Å². The Kier molecular flexibility index (Phi) is 14.7. The van der Waals surface area contributed by atoms with E-state index in [-0.39, 0.29) is 58.5 Å². The van der Waals surface area contributed by atoms with Crippen molar-refractivity contribution in [2.75, 3.05) is 26.6 Å². The van der Waals surface area contributed by atoms with Crippen LogP contribution in [-0.2, 0) is 47.5 Å². The van der Waals surface area contributed by atoms with Crippen molar-refractivity contribution >= 4 is 47.9 Å². The molecule has 63 heavy (non-hydrogen) atoms. The highest BCUT2D eigenvalue weighted by Gasteiger charge is 2.51. The third-order valence-corrected chi connectivity index (χ3v) is 8.74. The van der Waals surface area contributed by atoms with Crippen LogP contribution < -0.4 is 18.9 Å². The number of ether oxygens (including phenoxy) is 11. The van der Waals surface area contributed by atoms with Crippen molar-refractivity contribution in [3.63, 3.8) is 0 Å². The molecule has 1 unspecified atom stereocenters. The van der Waals surface area contributed by atoms with Gasteiger partial charge in [-0.05, 0) is 97.1 Å². The van der Waals surface area contributed by atoms with Gasteiger partial charge in [0.1, 0.15) is 35.2 Å². The molecule has 6 rings (SSSR count). The summed E-state index contributed by atoms with van der Waals surface area (Å²) in [6.07, 6.45) is -2.42. The number of carbonyl (C=O) groups excluding carboxylic acids is 8. The number of fused-ring (bicyclic) bond motifs is 1. The molecule has 0 aliphatic carbocycles. The first-order valence-electron chi connectivity index (χ1n) is 18.5. The van der Waals surface area contributed by atoms with E-state index < -0.39 is 85.8 Å². The van der Waals surface area contributed by atoms with Gasteiger partial charge in [0.05, 0.1) is 35.5 Å². The lowest BCUT2D eigenvalue weighted by Gasteiger charge is -2.17. The molecule has 324 valence electrons. The zero-order valence-electron chi connectivity index (χ0n) is 32.7. The lowest BCUT2D eigenvalue weighted by Crippen LogP contribution is -2.36. The van der Waals surface area contributed by atoms with E-state index in [2.05, 4.69) is 27.4 Å². The fourth-order valence-corrected chi connectivity index (χ4v) is 5.68. The highest BCUT2D eigenvalue weighted by atomic mass is 16.8. The minimum Gasteiger partial charge on any atom is -0.453 e. The van der Waals surface area contributed by atoms with Crippen LogP contribution in [0.1, 0.15) is 41.4 Å². The minimum atomic E-state index is -1.14. The van der Waals surface area contributed by atoms with E-state index in [9.17, 15) is 38.4 Å². The number of rotatable bonds is 16. The second kappa shape index (κ2) is 20.9. The molecule has 4 atom stereocenters. The van der Waals surface area contributed by atoms with Crippen LogP contribution in [0.2, 0.25) is 0 Å². The Morgan fingerprint density at radius 2 is 0.841 bits per heavy atom. The number of hydrogen-bond donors (Lipinski definition) is 0. The summed E-state index contributed by atoms with van der Waals surface area (Å²) in [5.41, 5.74) is 0.540. The number of esters is 7. The summed E-state index contributed by atoms with van der Waals surface area (Å²) in [5.74, 6) is -4.88. The van der Waals surface area contributed by atoms with E-state index in [4.69, 9.17) is 37.9 Å². The molecular formula is C44H34O19. The highest BCUT2D eigenvalue weighted by molar-refractivity contribution is 5.93. The van der Waals surface area contributed by atoms with E-state index in [1.54, 1.807) is 0 Å². The molecule has 19 heteroatoms. The predicted octanol–water partition coefficient (Wildman–Crippen LogP) is 4.51. The molecule has 0 saturated carbocycles. The molecule has 2 fully saturated rings. The second-order valence-electron chi connectivity index (χ2n) is 12.9. The SMILES string of the molecule is C=CC(=O)OCOC(=O)Oc1ccc(C(=O)Oc2ccc(C(=O)O[C@H]3CO[C@@H]4C(OC(=O)c5ccc(OC(=O)c6ccc(OC(=O)COC(=O)C=C)cc6)cc5)CO[C@H]34)cc2)cc1. The van der Waals surface area contributed by atoms with Crippen molar-refractivity contribution in [3.8, 4) is 23.0 Å². The van der Waals surface area contributed by atoms with Crippen LogP contribution in [0, 0.1) is 0 Å². The van der Waals surface area contributed by atoms with Gasteiger partial charge in [-0.25, -0.2) is 38.4 Å². The Hall–Kier alpha value is -8.16. The Labute approximate surface area is 356 Å². The molecule has 0 bridgehead atoms. The molecule has 0 aromatic heterocycles. The van der Waals surface area contributed by atoms with Crippen molar-refractivity contribution in [2.45, 2.75) is 24.4 Å². The van der Waals surface area contributed by atoms with Crippen LogP contribution in [0.15, 0.2) is 122 Å². The van der Waals surface area contributed by atoms with Gasteiger partial charge >= 0.3 is 47.9 Å². The van der Waals surface area contributed by atoms with E-state index in [0.29, 0.717) is 0 Å². The maximum Gasteiger partial charge on any atom is 0.516 e. The maximum absolute atomic E-state index is 13.0. The topological polar surface area (TPSA) is 238 Å². The van der Waals surface area contributed by atoms with Crippen LogP contribution in [0.25, 0.3) is 0 Å². The lowest BCUT2D eigenvalue weighted by molar-refractivity contribution is -0.150. The monoisotopic (exact) mass is 866 g/mol. The molecule has 2 aliphatic rings. The summed E-state index contributed by atoms with van der Waals surface area (Å²) in [7, 11) is 0. The maximum atomic E-state index is 13.0. The first-order chi connectivity index (χ1) is 30.4. The van der Waals surface area contributed by atoms with Crippen molar-refractivity contribution in [1.82, 2.24) is 0 Å². The molecule has 19 nitrogen and oxygen atoms in total. The average Bonchev–Trinajstić information content (AvgIpc) is 3.88. The van der Waals surface area contributed by atoms with Gasteiger partial charge in [-0.3, -0.25) is 0 Å². The van der Waals surface area contributed by atoms with E-state index >= 15 is 0 Å². The number of hydrogen-bond acceptors (Lipinski definition) is 19. The molecule has 0 amide bonds. The quantitative estimate of drug-likeness (QED) is 0.0376. The summed E-state index contributed by atoms with van der Waals surface area (Å²) < 4.78 is 57.3. The molecule has 2 saturated heterocycles. The highest BCUT2D eigenvalue weighted by Crippen LogP contribution is 2.32. The first-order valence-corrected chi connectivity index (χ1v) is 18.5. The summed E-state index contributed by atoms with van der Waals surface area (Å²) in [6.45, 7) is 5.09. The third kappa shape index (κ3) is 12.2. The van der Waals surface area contributed by atoms with Gasteiger partial charge in [0, 0.05) is 12.2 Å². The zero-order valence-corrected chi connectivity index (χ0v) is 32.7. The summed E-state index contributed by atoms with van der Waals surface area (Å²) in [4.78, 5) is 96.9. The molecule has 0 spiro atoms. The van der Waals surface area contributed by atoms with Gasteiger partial charge in [-0.2, -0.15) is 0 Å². The largest absolute Gasteiger partial charge is 0.516 e. The van der Waals surface area contributed by atoms with Crippen molar-refractivity contribution in [1.29, 1.82) is 0 Å². The summed E-state index contributed by atoms with van der Waals surface area (Å²) in [5, 5.41) is 0. The molecule has 0 radical (unpaired) electrons. The summed E-state index contributed by atoms with van der Waals surface area (Å²) in [6, 6.07) is 21.9. The third-order valence-electron chi connectivity index (χ3n) is 8.74. The minimum absolute atomic E-state index is 0.0248. The number of carbonyl (C=O) groups is 8. The standard InChI is InChI=1S/C44H34O19/c1-3-35(45)53-23-37(47)58-29-13-5-25(6-14-29)40(48)59-30-15-7-27(8-16-30)42(50)62-33-21-54-39-34(22-55-38(33)39)63-43(51)28-9-17-31(18-10-28)60-41(49)26-11-19-32(20-12-26)61-44(52)57-24-56-36(46)4-2/h3-20,33-34,38-39H,1-2,21-24H2/t33?,34-,38+,39+/m0/s1. The van der Waals surface area contributed by atoms with Gasteiger partial charge < -0.3 is 52.1 Å². The summed E-state index contributed by atoms with van der Waals surface area (Å²) >= 11 is 0.